The fourth-order valence-corrected chi connectivity index (χ4v) is 3.96. The third kappa shape index (κ3) is 3.97. The molecule has 1 aliphatic carbocycles. The summed E-state index contributed by atoms with van der Waals surface area (Å²) in [4.78, 5) is 12.3. The van der Waals surface area contributed by atoms with Gasteiger partial charge in [-0.1, -0.05) is 11.6 Å². The number of halogens is 6. The summed E-state index contributed by atoms with van der Waals surface area (Å²) in [6.45, 7) is 0. The number of alkyl halides is 3. The van der Waals surface area contributed by atoms with E-state index in [1.54, 1.807) is 0 Å². The van der Waals surface area contributed by atoms with E-state index in [0.717, 1.165) is 18.2 Å². The zero-order valence-corrected chi connectivity index (χ0v) is 15.7. The van der Waals surface area contributed by atoms with Crippen LogP contribution in [-0.4, -0.2) is 26.7 Å². The number of aryl methyl sites for hydroxylation is 1. The molecule has 0 bridgehead atoms. The van der Waals surface area contributed by atoms with Gasteiger partial charge in [0.1, 0.15) is 5.69 Å². The maximum atomic E-state index is 13.4. The lowest BCUT2D eigenvalue weighted by Crippen LogP contribution is -2.47. The van der Waals surface area contributed by atoms with Gasteiger partial charge in [-0.05, 0) is 18.9 Å². The minimum atomic E-state index is -4.54. The second kappa shape index (κ2) is 7.21. The molecule has 1 heterocycles. The van der Waals surface area contributed by atoms with Crippen molar-refractivity contribution < 1.29 is 31.3 Å². The number of rotatable bonds is 5. The van der Waals surface area contributed by atoms with Gasteiger partial charge in [0.15, 0.2) is 22.1 Å². The van der Waals surface area contributed by atoms with Crippen molar-refractivity contribution in [1.29, 1.82) is 0 Å². The highest BCUT2D eigenvalue weighted by molar-refractivity contribution is 7.89. The molecule has 12 heteroatoms. The quantitative estimate of drug-likeness (QED) is 0.420. The van der Waals surface area contributed by atoms with Crippen LogP contribution in [0.5, 0.6) is 0 Å². The van der Waals surface area contributed by atoms with Crippen molar-refractivity contribution >= 4 is 34.6 Å². The minimum Gasteiger partial charge on any atom is -0.593 e. The van der Waals surface area contributed by atoms with Crippen molar-refractivity contribution in [2.45, 2.75) is 29.5 Å². The van der Waals surface area contributed by atoms with Gasteiger partial charge in [-0.3, -0.25) is 4.79 Å². The van der Waals surface area contributed by atoms with E-state index in [1.807, 2.05) is 0 Å². The summed E-state index contributed by atoms with van der Waals surface area (Å²) < 4.78 is 81.1. The molecule has 5 nitrogen and oxygen atoms in total. The lowest BCUT2D eigenvalue weighted by atomic mass is 10.3. The minimum absolute atomic E-state index is 0.0357. The van der Waals surface area contributed by atoms with Gasteiger partial charge in [0.05, 0.1) is 22.6 Å². The van der Waals surface area contributed by atoms with Crippen LogP contribution in [0.2, 0.25) is 5.02 Å². The number of hydrogen-bond acceptors (Lipinski definition) is 3. The molecule has 1 aromatic heterocycles. The van der Waals surface area contributed by atoms with E-state index in [2.05, 4.69) is 10.0 Å². The van der Waals surface area contributed by atoms with Crippen LogP contribution in [-0.2, 0) is 18.4 Å². The number of anilines is 1. The van der Waals surface area contributed by atoms with Gasteiger partial charge in [-0.15, -0.1) is 4.72 Å². The van der Waals surface area contributed by atoms with E-state index >= 15 is 0 Å². The molecule has 152 valence electrons. The molecule has 0 saturated heterocycles. The highest BCUT2D eigenvalue weighted by Gasteiger charge is 2.66. The van der Waals surface area contributed by atoms with E-state index < -0.39 is 45.6 Å². The number of nitrogens with one attached hydrogen (secondary N) is 2. The number of hydrogen-bond donors (Lipinski definition) is 2. The van der Waals surface area contributed by atoms with E-state index in [9.17, 15) is 31.3 Å². The smallest absolute Gasteiger partial charge is 0.410 e. The number of nitrogens with zero attached hydrogens (tertiary/aromatic N) is 1. The third-order valence-corrected chi connectivity index (χ3v) is 5.75. The first kappa shape index (κ1) is 20.9. The zero-order chi connectivity index (χ0) is 20.9. The first-order valence-corrected chi connectivity index (χ1v) is 9.35. The van der Waals surface area contributed by atoms with Gasteiger partial charge in [0.25, 0.3) is 5.91 Å². The first-order valence-electron chi connectivity index (χ1n) is 7.82. The van der Waals surface area contributed by atoms with Crippen LogP contribution in [0.1, 0.15) is 23.3 Å². The number of carbonyl (C=O) groups is 1. The molecule has 2 N–H and O–H groups in total. The van der Waals surface area contributed by atoms with Crippen molar-refractivity contribution in [1.82, 2.24) is 9.29 Å². The molecule has 1 unspecified atom stereocenters. The molecule has 0 radical (unpaired) electrons. The lowest BCUT2D eigenvalue weighted by molar-refractivity contribution is -0.160. The molecule has 0 spiro atoms. The maximum Gasteiger partial charge on any atom is 0.410 e. The van der Waals surface area contributed by atoms with Gasteiger partial charge in [0.2, 0.25) is 0 Å². The molecule has 3 rings (SSSR count). The Labute approximate surface area is 164 Å². The standard InChI is InChI=1S/C16H13ClF5N3O2S/c1-25-7-9(28(27)24-15(2-3-15)16(20,21)22)6-12(25)14(26)23-8-4-10(17)13(19)11(18)5-8/h4-7,24H,2-3H2,1H3,(H,23,26). The third-order valence-electron chi connectivity index (χ3n) is 4.25. The van der Waals surface area contributed by atoms with Crippen LogP contribution in [0, 0.1) is 11.6 Å². The molecule has 1 atom stereocenters. The van der Waals surface area contributed by atoms with Crippen molar-refractivity contribution in [3.63, 3.8) is 0 Å². The second-order valence-electron chi connectivity index (χ2n) is 6.33. The van der Waals surface area contributed by atoms with Gasteiger partial charge in [-0.2, -0.15) is 13.2 Å². The highest BCUT2D eigenvalue weighted by atomic mass is 35.5. The predicted octanol–water partition coefficient (Wildman–Crippen LogP) is 3.92. The van der Waals surface area contributed by atoms with Crippen LogP contribution < -0.4 is 10.0 Å². The van der Waals surface area contributed by atoms with E-state index in [1.165, 1.54) is 17.8 Å². The summed E-state index contributed by atoms with van der Waals surface area (Å²) >= 11 is 3.32. The van der Waals surface area contributed by atoms with Crippen molar-refractivity contribution in [3.8, 4) is 0 Å². The average molecular weight is 442 g/mol. The first-order chi connectivity index (χ1) is 12.9. The molecule has 2 aromatic rings. The lowest BCUT2D eigenvalue weighted by Gasteiger charge is -2.20. The fraction of sp³-hybridized carbons (Fsp3) is 0.312. The Balaban J connectivity index is 1.76. The predicted molar refractivity (Wildman–Crippen MR) is 92.3 cm³/mol. The Morgan fingerprint density at radius 1 is 1.29 bits per heavy atom. The van der Waals surface area contributed by atoms with E-state index in [0.29, 0.717) is 0 Å². The molecule has 0 aliphatic heterocycles. The Kier molecular flexibility index (Phi) is 5.38. The normalized spacial score (nSPS) is 16.7. The number of amides is 1. The van der Waals surface area contributed by atoms with Crippen molar-refractivity contribution in [2.24, 2.45) is 7.05 Å². The highest BCUT2D eigenvalue weighted by Crippen LogP contribution is 2.49. The number of benzene rings is 1. The zero-order valence-electron chi connectivity index (χ0n) is 14.2. The van der Waals surface area contributed by atoms with E-state index in [4.69, 9.17) is 11.6 Å². The van der Waals surface area contributed by atoms with Gasteiger partial charge >= 0.3 is 6.18 Å². The second-order valence-corrected chi connectivity index (χ2v) is 7.95. The molecular formula is C16H13ClF5N3O2S. The monoisotopic (exact) mass is 441 g/mol. The van der Waals surface area contributed by atoms with E-state index in [-0.39, 0.29) is 29.1 Å². The molecule has 28 heavy (non-hydrogen) atoms. The summed E-state index contributed by atoms with van der Waals surface area (Å²) in [5.41, 5.74) is -2.36. The topological polar surface area (TPSA) is 69.1 Å². The number of aromatic nitrogens is 1. The Morgan fingerprint density at radius 3 is 2.46 bits per heavy atom. The SMILES string of the molecule is Cn1cc([S+]([O-])NC2(C(F)(F)F)CC2)cc1C(=O)Nc1cc(F)c(F)c(Cl)c1. The number of carbonyl (C=O) groups excluding carboxylic acids is 1. The summed E-state index contributed by atoms with van der Waals surface area (Å²) in [5.74, 6) is -3.30. The largest absolute Gasteiger partial charge is 0.593 e. The van der Waals surface area contributed by atoms with Gasteiger partial charge in [-0.25, -0.2) is 8.78 Å². The Bertz CT molecular complexity index is 906. The Morgan fingerprint density at radius 2 is 1.93 bits per heavy atom. The van der Waals surface area contributed by atoms with Crippen LogP contribution in [0.25, 0.3) is 0 Å². The summed E-state index contributed by atoms with van der Waals surface area (Å²) in [7, 11) is 1.42. The molecule has 1 aromatic carbocycles. The molecule has 1 amide bonds. The van der Waals surface area contributed by atoms with Crippen LogP contribution in [0.15, 0.2) is 29.3 Å². The molecular weight excluding hydrogens is 429 g/mol. The molecule has 1 fully saturated rings. The summed E-state index contributed by atoms with van der Waals surface area (Å²) in [5, 5.41) is 1.76. The van der Waals surface area contributed by atoms with Crippen LogP contribution in [0.3, 0.4) is 0 Å². The van der Waals surface area contributed by atoms with Crippen LogP contribution in [0.4, 0.5) is 27.6 Å². The van der Waals surface area contributed by atoms with Gasteiger partial charge in [0, 0.05) is 24.9 Å². The van der Waals surface area contributed by atoms with Gasteiger partial charge < -0.3 is 14.4 Å². The molecule has 1 saturated carbocycles. The summed E-state index contributed by atoms with van der Waals surface area (Å²) in [6.07, 6.45) is -3.66. The van der Waals surface area contributed by atoms with Crippen molar-refractivity contribution in [3.05, 3.63) is 46.7 Å². The molecule has 1 aliphatic rings. The Hall–Kier alpha value is -1.82. The maximum absolute atomic E-state index is 13.4. The summed E-state index contributed by atoms with van der Waals surface area (Å²) in [6, 6.07) is 2.87. The average Bonchev–Trinajstić information content (AvgIpc) is 3.26. The fourth-order valence-electron chi connectivity index (χ4n) is 2.49. The van der Waals surface area contributed by atoms with Crippen LogP contribution >= 0.6 is 11.6 Å². The van der Waals surface area contributed by atoms with Crippen molar-refractivity contribution in [2.75, 3.05) is 5.32 Å².